The molecule has 0 aliphatic carbocycles. The van der Waals surface area contributed by atoms with Crippen LogP contribution in [0.25, 0.3) is 0 Å². The van der Waals surface area contributed by atoms with E-state index in [9.17, 15) is 0 Å². The third-order valence-corrected chi connectivity index (χ3v) is 2.32. The van der Waals surface area contributed by atoms with Gasteiger partial charge in [0, 0.05) is 0 Å². The summed E-state index contributed by atoms with van der Waals surface area (Å²) in [6, 6.07) is 10.5. The molecule has 0 amide bonds. The van der Waals surface area contributed by atoms with Gasteiger partial charge in [0.1, 0.15) is 0 Å². The van der Waals surface area contributed by atoms with Crippen molar-refractivity contribution in [3.8, 4) is 0 Å². The second-order valence-corrected chi connectivity index (χ2v) is 3.49. The summed E-state index contributed by atoms with van der Waals surface area (Å²) in [5, 5.41) is 0. The van der Waals surface area contributed by atoms with E-state index in [4.69, 9.17) is 4.74 Å². The van der Waals surface area contributed by atoms with Gasteiger partial charge in [-0.05, 0) is 36.5 Å². The van der Waals surface area contributed by atoms with E-state index in [0.717, 1.165) is 19.3 Å². The zero-order valence-electron chi connectivity index (χ0n) is 8.15. The highest BCUT2D eigenvalue weighted by molar-refractivity contribution is 5.21. The first-order valence-electron chi connectivity index (χ1n) is 4.97. The van der Waals surface area contributed by atoms with E-state index in [1.807, 2.05) is 12.3 Å². The molecule has 0 radical (unpaired) electrons. The predicted octanol–water partition coefficient (Wildman–Crippen LogP) is 3.44. The summed E-state index contributed by atoms with van der Waals surface area (Å²) in [6.07, 6.45) is 8.88. The van der Waals surface area contributed by atoms with E-state index in [-0.39, 0.29) is 0 Å². The topological polar surface area (TPSA) is 9.23 Å². The minimum absolute atomic E-state index is 1.00. The van der Waals surface area contributed by atoms with Crippen molar-refractivity contribution in [2.75, 3.05) is 0 Å². The Morgan fingerprint density at radius 2 is 2.00 bits per heavy atom. The summed E-state index contributed by atoms with van der Waals surface area (Å²) in [4.78, 5) is 0. The highest BCUT2D eigenvalue weighted by atomic mass is 16.5. The van der Waals surface area contributed by atoms with E-state index < -0.39 is 0 Å². The smallest absolute Gasteiger partial charge is 0.0896 e. The molecule has 0 atom stereocenters. The second-order valence-electron chi connectivity index (χ2n) is 3.49. The van der Waals surface area contributed by atoms with Crippen LogP contribution in [-0.2, 0) is 11.2 Å². The van der Waals surface area contributed by atoms with Crippen molar-refractivity contribution in [1.82, 2.24) is 0 Å². The van der Waals surface area contributed by atoms with Crippen LogP contribution < -0.4 is 0 Å². The van der Waals surface area contributed by atoms with E-state index in [1.54, 1.807) is 6.26 Å². The van der Waals surface area contributed by atoms with Crippen molar-refractivity contribution in [2.45, 2.75) is 19.3 Å². The lowest BCUT2D eigenvalue weighted by molar-refractivity contribution is 0.398. The van der Waals surface area contributed by atoms with Crippen LogP contribution in [0.15, 0.2) is 54.5 Å². The van der Waals surface area contributed by atoms with Gasteiger partial charge in [-0.15, -0.1) is 0 Å². The van der Waals surface area contributed by atoms with Crippen molar-refractivity contribution in [1.29, 1.82) is 0 Å². The first-order valence-corrected chi connectivity index (χ1v) is 4.97. The van der Waals surface area contributed by atoms with Gasteiger partial charge in [-0.2, -0.15) is 0 Å². The van der Waals surface area contributed by atoms with Crippen molar-refractivity contribution < 1.29 is 4.74 Å². The molecule has 0 saturated carbocycles. The van der Waals surface area contributed by atoms with Crippen molar-refractivity contribution in [2.24, 2.45) is 0 Å². The van der Waals surface area contributed by atoms with Gasteiger partial charge in [-0.25, -0.2) is 0 Å². The normalized spacial score (nSPS) is 15.6. The average Bonchev–Trinajstić information content (AvgIpc) is 2.48. The number of hydrogen-bond acceptors (Lipinski definition) is 1. The monoisotopic (exact) mass is 186 g/mol. The van der Waals surface area contributed by atoms with Crippen LogP contribution in [0.5, 0.6) is 0 Å². The van der Waals surface area contributed by atoms with Gasteiger partial charge >= 0.3 is 0 Å². The summed E-state index contributed by atoms with van der Waals surface area (Å²) in [5.41, 5.74) is 2.71. The number of hydrogen-bond donors (Lipinski definition) is 0. The molecule has 14 heavy (non-hydrogen) atoms. The lowest BCUT2D eigenvalue weighted by atomic mass is 10.0. The van der Waals surface area contributed by atoms with Gasteiger partial charge in [-0.1, -0.05) is 30.3 Å². The molecular weight excluding hydrogens is 172 g/mol. The Morgan fingerprint density at radius 1 is 1.14 bits per heavy atom. The Morgan fingerprint density at radius 3 is 2.86 bits per heavy atom. The van der Waals surface area contributed by atoms with Crippen molar-refractivity contribution >= 4 is 0 Å². The summed E-state index contributed by atoms with van der Waals surface area (Å²) in [6.45, 7) is 0. The molecule has 72 valence electrons. The zero-order valence-corrected chi connectivity index (χ0v) is 8.15. The van der Waals surface area contributed by atoms with Crippen LogP contribution in [0, 0.1) is 0 Å². The molecule has 0 saturated heterocycles. The molecule has 0 fully saturated rings. The Kier molecular flexibility index (Phi) is 3.02. The zero-order chi connectivity index (χ0) is 9.64. The fraction of sp³-hybridized carbons (Fsp3) is 0.231. The van der Waals surface area contributed by atoms with Gasteiger partial charge in [-0.3, -0.25) is 0 Å². The fourth-order valence-corrected chi connectivity index (χ4v) is 1.57. The largest absolute Gasteiger partial charge is 0.473 e. The van der Waals surface area contributed by atoms with E-state index in [1.165, 1.54) is 11.1 Å². The van der Waals surface area contributed by atoms with Crippen LogP contribution >= 0.6 is 0 Å². The van der Waals surface area contributed by atoms with Crippen LogP contribution in [0.3, 0.4) is 0 Å². The average molecular weight is 186 g/mol. The van der Waals surface area contributed by atoms with E-state index in [0.29, 0.717) is 0 Å². The molecule has 1 aromatic rings. The highest BCUT2D eigenvalue weighted by Gasteiger charge is 2.01. The van der Waals surface area contributed by atoms with Gasteiger partial charge in [0.15, 0.2) is 0 Å². The SMILES string of the molecule is C1=COC=C(Cc2ccccc2)CC1. The van der Waals surface area contributed by atoms with E-state index >= 15 is 0 Å². The molecule has 0 aromatic heterocycles. The standard InChI is InChI=1S/C13H14O/c1-2-6-12(7-3-1)10-13-8-4-5-9-14-11-13/h1-3,5-7,9,11H,4,8,10H2. The maximum atomic E-state index is 5.24. The summed E-state index contributed by atoms with van der Waals surface area (Å²) in [7, 11) is 0. The van der Waals surface area contributed by atoms with Crippen molar-refractivity contribution in [3.05, 3.63) is 60.1 Å². The minimum atomic E-state index is 1.00. The molecule has 1 aliphatic rings. The Labute approximate surface area is 84.7 Å². The number of rotatable bonds is 2. The van der Waals surface area contributed by atoms with E-state index in [2.05, 4.69) is 30.3 Å². The molecule has 0 bridgehead atoms. The third-order valence-electron chi connectivity index (χ3n) is 2.32. The summed E-state index contributed by atoms with van der Waals surface area (Å²) < 4.78 is 5.24. The first-order chi connectivity index (χ1) is 6.95. The van der Waals surface area contributed by atoms with Gasteiger partial charge in [0.05, 0.1) is 12.5 Å². The maximum Gasteiger partial charge on any atom is 0.0896 e. The number of allylic oxidation sites excluding steroid dienone is 2. The van der Waals surface area contributed by atoms with Gasteiger partial charge in [0.2, 0.25) is 0 Å². The van der Waals surface area contributed by atoms with Crippen LogP contribution in [0.4, 0.5) is 0 Å². The van der Waals surface area contributed by atoms with Crippen LogP contribution in [-0.4, -0.2) is 0 Å². The third kappa shape index (κ3) is 2.49. The molecule has 1 heteroatoms. The second kappa shape index (κ2) is 4.66. The molecule has 2 rings (SSSR count). The summed E-state index contributed by atoms with van der Waals surface area (Å²) in [5.74, 6) is 0. The first kappa shape index (κ1) is 9.07. The fourth-order valence-electron chi connectivity index (χ4n) is 1.57. The number of benzene rings is 1. The molecule has 1 heterocycles. The molecule has 1 nitrogen and oxygen atoms in total. The van der Waals surface area contributed by atoms with Gasteiger partial charge in [0.25, 0.3) is 0 Å². The molecule has 0 spiro atoms. The number of ether oxygens (including phenoxy) is 1. The highest BCUT2D eigenvalue weighted by Crippen LogP contribution is 2.15. The molecule has 0 N–H and O–H groups in total. The lowest BCUT2D eigenvalue weighted by Gasteiger charge is -2.03. The predicted molar refractivity (Wildman–Crippen MR) is 57.7 cm³/mol. The van der Waals surface area contributed by atoms with Crippen LogP contribution in [0.2, 0.25) is 0 Å². The van der Waals surface area contributed by atoms with Crippen LogP contribution in [0.1, 0.15) is 18.4 Å². The maximum absolute atomic E-state index is 5.24. The quantitative estimate of drug-likeness (QED) is 0.687. The molecular formula is C13H14O. The Balaban J connectivity index is 2.01. The Hall–Kier alpha value is -1.50. The minimum Gasteiger partial charge on any atom is -0.473 e. The molecule has 0 unspecified atom stereocenters. The Bertz CT molecular complexity index is 336. The molecule has 1 aromatic carbocycles. The summed E-state index contributed by atoms with van der Waals surface area (Å²) >= 11 is 0. The van der Waals surface area contributed by atoms with Gasteiger partial charge < -0.3 is 4.74 Å². The molecule has 1 aliphatic heterocycles. The van der Waals surface area contributed by atoms with Crippen molar-refractivity contribution in [3.63, 3.8) is 0 Å². The lowest BCUT2D eigenvalue weighted by Crippen LogP contribution is -1.90.